The Balaban J connectivity index is 1.52. The van der Waals surface area contributed by atoms with E-state index in [-0.39, 0.29) is 6.54 Å². The van der Waals surface area contributed by atoms with Crippen molar-refractivity contribution in [3.63, 3.8) is 0 Å². The van der Waals surface area contributed by atoms with Crippen LogP contribution in [0.5, 0.6) is 0 Å². The Morgan fingerprint density at radius 3 is 2.48 bits per heavy atom. The molecule has 27 heavy (non-hydrogen) atoms. The van der Waals surface area contributed by atoms with E-state index in [2.05, 4.69) is 15.6 Å². The Morgan fingerprint density at radius 1 is 0.963 bits per heavy atom. The molecule has 0 aliphatic rings. The predicted molar refractivity (Wildman–Crippen MR) is 104 cm³/mol. The fourth-order valence-electron chi connectivity index (χ4n) is 2.21. The molecule has 136 valence electrons. The summed E-state index contributed by atoms with van der Waals surface area (Å²) >= 11 is 6.04. The van der Waals surface area contributed by atoms with Crippen LogP contribution in [0.25, 0.3) is 0 Å². The van der Waals surface area contributed by atoms with Crippen molar-refractivity contribution in [2.24, 2.45) is 4.99 Å². The molecular weight excluding hydrogens is 366 g/mol. The number of halogens is 1. The zero-order valence-corrected chi connectivity index (χ0v) is 14.9. The molecule has 0 spiro atoms. The molecule has 0 bridgehead atoms. The Bertz CT molecular complexity index is 967. The van der Waals surface area contributed by atoms with E-state index in [1.54, 1.807) is 48.5 Å². The van der Waals surface area contributed by atoms with E-state index in [9.17, 15) is 9.59 Å². The van der Waals surface area contributed by atoms with Gasteiger partial charge in [-0.05, 0) is 36.4 Å². The number of furan rings is 1. The first-order valence-corrected chi connectivity index (χ1v) is 8.51. The molecule has 0 saturated carbocycles. The third-order valence-corrected chi connectivity index (χ3v) is 3.85. The number of nitrogens with one attached hydrogen (secondary N) is 2. The zero-order valence-electron chi connectivity index (χ0n) is 14.2. The van der Waals surface area contributed by atoms with Gasteiger partial charge in [-0.2, -0.15) is 0 Å². The molecule has 2 aromatic carbocycles. The maximum absolute atomic E-state index is 11.9. The Hall–Kier alpha value is -3.38. The number of amides is 2. The summed E-state index contributed by atoms with van der Waals surface area (Å²) in [6.45, 7) is 0.0843. The third-order valence-electron chi connectivity index (χ3n) is 3.53. The fourth-order valence-corrected chi connectivity index (χ4v) is 2.39. The van der Waals surface area contributed by atoms with Crippen molar-refractivity contribution in [1.29, 1.82) is 0 Å². The molecule has 1 heterocycles. The molecule has 0 aliphatic carbocycles. The highest BCUT2D eigenvalue weighted by molar-refractivity contribution is 6.39. The maximum Gasteiger partial charge on any atom is 0.313 e. The van der Waals surface area contributed by atoms with Crippen LogP contribution < -0.4 is 10.6 Å². The number of carbonyl (C=O) groups is 2. The maximum atomic E-state index is 11.9. The quantitative estimate of drug-likeness (QED) is 0.518. The fraction of sp³-hybridized carbons (Fsp3) is 0.0500. The van der Waals surface area contributed by atoms with Crippen LogP contribution in [-0.4, -0.2) is 18.0 Å². The summed E-state index contributed by atoms with van der Waals surface area (Å²) in [7, 11) is 0. The number of rotatable bonds is 5. The number of hydrogen-bond acceptors (Lipinski definition) is 4. The van der Waals surface area contributed by atoms with Crippen molar-refractivity contribution in [1.82, 2.24) is 5.32 Å². The second-order valence-corrected chi connectivity index (χ2v) is 5.92. The molecule has 3 rings (SSSR count). The number of anilines is 1. The molecule has 6 nitrogen and oxygen atoms in total. The van der Waals surface area contributed by atoms with Crippen molar-refractivity contribution < 1.29 is 14.0 Å². The first kappa shape index (κ1) is 18.4. The van der Waals surface area contributed by atoms with Crippen molar-refractivity contribution in [2.75, 3.05) is 5.32 Å². The van der Waals surface area contributed by atoms with Crippen molar-refractivity contribution in [2.45, 2.75) is 6.54 Å². The van der Waals surface area contributed by atoms with Gasteiger partial charge in [0.15, 0.2) is 0 Å². The lowest BCUT2D eigenvalue weighted by Crippen LogP contribution is -2.34. The summed E-state index contributed by atoms with van der Waals surface area (Å²) in [5.74, 6) is -0.487. The van der Waals surface area contributed by atoms with Crippen LogP contribution >= 0.6 is 11.6 Å². The van der Waals surface area contributed by atoms with Crippen molar-refractivity contribution in [3.8, 4) is 0 Å². The Kier molecular flexibility index (Phi) is 6.02. The molecule has 7 heteroatoms. The molecule has 0 fully saturated rings. The minimum atomic E-state index is -0.749. The van der Waals surface area contributed by atoms with Gasteiger partial charge < -0.3 is 15.1 Å². The third kappa shape index (κ3) is 5.29. The van der Waals surface area contributed by atoms with Crippen LogP contribution in [0, 0.1) is 0 Å². The normalized spacial score (nSPS) is 10.7. The second kappa shape index (κ2) is 8.82. The lowest BCUT2D eigenvalue weighted by Gasteiger charge is -2.05. The van der Waals surface area contributed by atoms with Gasteiger partial charge >= 0.3 is 11.8 Å². The number of benzene rings is 2. The smallest absolute Gasteiger partial charge is 0.313 e. The minimum Gasteiger partial charge on any atom is -0.458 e. The average Bonchev–Trinajstić information content (AvgIpc) is 3.14. The first-order valence-electron chi connectivity index (χ1n) is 8.13. The molecule has 1 aromatic heterocycles. The Labute approximate surface area is 160 Å². The average molecular weight is 382 g/mol. The summed E-state index contributed by atoms with van der Waals surface area (Å²) in [5, 5.41) is 5.56. The largest absolute Gasteiger partial charge is 0.458 e. The van der Waals surface area contributed by atoms with Gasteiger partial charge in [0, 0.05) is 5.69 Å². The molecule has 2 N–H and O–H groups in total. The van der Waals surface area contributed by atoms with Crippen molar-refractivity contribution in [3.05, 3.63) is 83.3 Å². The van der Waals surface area contributed by atoms with E-state index in [1.165, 1.54) is 6.21 Å². The van der Waals surface area contributed by atoms with Crippen molar-refractivity contribution >= 4 is 41.0 Å². The van der Waals surface area contributed by atoms with Gasteiger partial charge in [-0.1, -0.05) is 41.9 Å². The standard InChI is InChI=1S/C20H16ClN3O3/c21-17-8-4-5-9-18(17)22-12-15-10-11-16(27-15)13-23-19(25)20(26)24-14-6-2-1-3-7-14/h1-12H,13H2,(H,23,25)(H,24,26). The molecular formula is C20H16ClN3O3. The molecule has 0 atom stereocenters. The van der Waals surface area contributed by atoms with Crippen LogP contribution in [0.15, 0.2) is 76.1 Å². The molecule has 0 unspecified atom stereocenters. The first-order chi connectivity index (χ1) is 13.1. The van der Waals surface area contributed by atoms with Gasteiger partial charge in [0.05, 0.1) is 23.5 Å². The molecule has 3 aromatic rings. The van der Waals surface area contributed by atoms with Gasteiger partial charge in [-0.15, -0.1) is 0 Å². The number of aliphatic imine (C=N–C) groups is 1. The van der Waals surface area contributed by atoms with Gasteiger partial charge in [0.2, 0.25) is 0 Å². The number of nitrogens with zero attached hydrogens (tertiary/aromatic N) is 1. The van der Waals surface area contributed by atoms with E-state index in [1.807, 2.05) is 18.2 Å². The Morgan fingerprint density at radius 2 is 1.70 bits per heavy atom. The van der Waals surface area contributed by atoms with Crippen LogP contribution in [0.4, 0.5) is 11.4 Å². The molecule has 0 radical (unpaired) electrons. The van der Waals surface area contributed by atoms with Crippen LogP contribution in [0.1, 0.15) is 11.5 Å². The highest BCUT2D eigenvalue weighted by atomic mass is 35.5. The summed E-state index contributed by atoms with van der Waals surface area (Å²) < 4.78 is 5.55. The number of para-hydroxylation sites is 2. The summed E-state index contributed by atoms with van der Waals surface area (Å²) in [5.41, 5.74) is 1.18. The SMILES string of the molecule is O=C(NCc1ccc(C=Nc2ccccc2Cl)o1)C(=O)Nc1ccccc1. The van der Waals surface area contributed by atoms with Gasteiger partial charge in [0.25, 0.3) is 0 Å². The summed E-state index contributed by atoms with van der Waals surface area (Å²) in [6, 6.07) is 19.3. The number of carbonyl (C=O) groups excluding carboxylic acids is 2. The molecule has 2 amide bonds. The van der Waals surface area contributed by atoms with E-state index in [0.29, 0.717) is 27.9 Å². The van der Waals surface area contributed by atoms with Crippen LogP contribution in [0.3, 0.4) is 0 Å². The minimum absolute atomic E-state index is 0.0843. The summed E-state index contributed by atoms with van der Waals surface area (Å²) in [6.07, 6.45) is 1.54. The van der Waals surface area contributed by atoms with Crippen LogP contribution in [0.2, 0.25) is 5.02 Å². The van der Waals surface area contributed by atoms with Gasteiger partial charge in [0.1, 0.15) is 11.5 Å². The lowest BCUT2D eigenvalue weighted by atomic mass is 10.3. The summed E-state index contributed by atoms with van der Waals surface area (Å²) in [4.78, 5) is 28.0. The lowest BCUT2D eigenvalue weighted by molar-refractivity contribution is -0.136. The molecule has 0 saturated heterocycles. The van der Waals surface area contributed by atoms with E-state index >= 15 is 0 Å². The predicted octanol–water partition coefficient (Wildman–Crippen LogP) is 3.94. The zero-order chi connectivity index (χ0) is 19.1. The van der Waals surface area contributed by atoms with E-state index in [4.69, 9.17) is 16.0 Å². The highest BCUT2D eigenvalue weighted by Gasteiger charge is 2.14. The second-order valence-electron chi connectivity index (χ2n) is 5.52. The monoisotopic (exact) mass is 381 g/mol. The topological polar surface area (TPSA) is 83.7 Å². The molecule has 0 aliphatic heterocycles. The van der Waals surface area contributed by atoms with Gasteiger partial charge in [-0.3, -0.25) is 14.6 Å². The van der Waals surface area contributed by atoms with E-state index < -0.39 is 11.8 Å². The van der Waals surface area contributed by atoms with Gasteiger partial charge in [-0.25, -0.2) is 0 Å². The number of hydrogen-bond donors (Lipinski definition) is 2. The van der Waals surface area contributed by atoms with Crippen LogP contribution in [-0.2, 0) is 16.1 Å². The van der Waals surface area contributed by atoms with E-state index in [0.717, 1.165) is 0 Å². The highest BCUT2D eigenvalue weighted by Crippen LogP contribution is 2.23.